The zero-order chi connectivity index (χ0) is 26.3. The molecule has 1 aromatic heterocycles. The number of carbonyl (C=O) groups is 1. The molecule has 0 unspecified atom stereocenters. The summed E-state index contributed by atoms with van der Waals surface area (Å²) in [6.07, 6.45) is 0. The van der Waals surface area contributed by atoms with Crippen LogP contribution in [0.5, 0.6) is 0 Å². The van der Waals surface area contributed by atoms with E-state index in [-0.39, 0.29) is 35.1 Å². The van der Waals surface area contributed by atoms with Crippen LogP contribution in [0.2, 0.25) is 0 Å². The maximum Gasteiger partial charge on any atom is 0.284 e. The highest BCUT2D eigenvalue weighted by molar-refractivity contribution is 7.89. The van der Waals surface area contributed by atoms with E-state index in [0.29, 0.717) is 30.0 Å². The van der Waals surface area contributed by atoms with E-state index in [4.69, 9.17) is 0 Å². The molecule has 0 radical (unpaired) electrons. The van der Waals surface area contributed by atoms with Gasteiger partial charge in [-0.15, -0.1) is 0 Å². The summed E-state index contributed by atoms with van der Waals surface area (Å²) < 4.78 is 40.7. The summed E-state index contributed by atoms with van der Waals surface area (Å²) in [4.78, 5) is 28.2. The van der Waals surface area contributed by atoms with Crippen LogP contribution in [-0.4, -0.2) is 71.9 Å². The van der Waals surface area contributed by atoms with Crippen molar-refractivity contribution in [1.29, 1.82) is 0 Å². The van der Waals surface area contributed by atoms with Gasteiger partial charge in [-0.3, -0.25) is 20.0 Å². The molecule has 0 bridgehead atoms. The molecule has 3 aromatic rings. The third-order valence-corrected chi connectivity index (χ3v) is 8.37. The number of amides is 1. The summed E-state index contributed by atoms with van der Waals surface area (Å²) in [5.41, 5.74) is 1.09. The number of anilines is 2. The maximum absolute atomic E-state index is 13.6. The van der Waals surface area contributed by atoms with Crippen LogP contribution in [0, 0.1) is 15.9 Å². The number of halogens is 1. The summed E-state index contributed by atoms with van der Waals surface area (Å²) in [5, 5.41) is 21.1. The number of fused-ring (bicyclic) bond motifs is 1. The van der Waals surface area contributed by atoms with E-state index < -0.39 is 26.7 Å². The van der Waals surface area contributed by atoms with Gasteiger partial charge in [0.2, 0.25) is 10.0 Å². The summed E-state index contributed by atoms with van der Waals surface area (Å²) in [7, 11) is -1.99. The van der Waals surface area contributed by atoms with E-state index in [1.807, 2.05) is 11.9 Å². The molecule has 0 saturated carbocycles. The van der Waals surface area contributed by atoms with E-state index in [1.165, 1.54) is 24.3 Å². The fourth-order valence-electron chi connectivity index (χ4n) is 4.46. The van der Waals surface area contributed by atoms with Gasteiger partial charge in [-0.05, 0) is 37.4 Å². The first-order valence-corrected chi connectivity index (χ1v) is 12.9. The molecule has 37 heavy (non-hydrogen) atoms. The van der Waals surface area contributed by atoms with Crippen LogP contribution in [0.25, 0.3) is 0 Å². The van der Waals surface area contributed by atoms with Crippen LogP contribution in [-0.2, 0) is 23.1 Å². The third-order valence-electron chi connectivity index (χ3n) is 6.58. The topological polar surface area (TPSA) is 145 Å². The number of benzene rings is 2. The molecule has 3 heterocycles. The number of aromatic nitrogens is 2. The standard InChI is InChI=1S/C23H24FN7O5S/c1-28-7-9-29(10-8-28)16-5-6-18(21(12-16)31(33)34)23(32)25-22-19-13-30(14-20(19)26-27-22)37(35,36)17-4-2-3-15(24)11-17/h2-6,11-12H,7-10,13-14H2,1H3,(H2,25,26,27,32). The Labute approximate surface area is 211 Å². The van der Waals surface area contributed by atoms with Crippen molar-refractivity contribution < 1.29 is 22.5 Å². The van der Waals surface area contributed by atoms with Crippen molar-refractivity contribution >= 4 is 33.1 Å². The van der Waals surface area contributed by atoms with Crippen molar-refractivity contribution in [3.63, 3.8) is 0 Å². The quantitative estimate of drug-likeness (QED) is 0.365. The van der Waals surface area contributed by atoms with E-state index in [2.05, 4.69) is 20.4 Å². The smallest absolute Gasteiger partial charge is 0.284 e. The van der Waals surface area contributed by atoms with Gasteiger partial charge >= 0.3 is 0 Å². The minimum atomic E-state index is -4.00. The molecule has 1 fully saturated rings. The number of hydrogen-bond acceptors (Lipinski definition) is 8. The second kappa shape index (κ2) is 9.53. The fraction of sp³-hybridized carbons (Fsp3) is 0.304. The Morgan fingerprint density at radius 3 is 2.59 bits per heavy atom. The lowest BCUT2D eigenvalue weighted by Crippen LogP contribution is -2.44. The summed E-state index contributed by atoms with van der Waals surface area (Å²) >= 11 is 0. The summed E-state index contributed by atoms with van der Waals surface area (Å²) in [5.74, 6) is -1.33. The average molecular weight is 530 g/mol. The SMILES string of the molecule is CN1CCN(c2ccc(C(=O)Nc3n[nH]c4c3CN(S(=O)(=O)c3cccc(F)c3)C4)c([N+](=O)[O-])c2)CC1. The van der Waals surface area contributed by atoms with Crippen LogP contribution in [0.4, 0.5) is 21.6 Å². The van der Waals surface area contributed by atoms with Crippen molar-refractivity contribution in [2.75, 3.05) is 43.4 Å². The summed E-state index contributed by atoms with van der Waals surface area (Å²) in [6.45, 7) is 2.93. The number of aromatic amines is 1. The predicted octanol–water partition coefficient (Wildman–Crippen LogP) is 2.17. The number of rotatable bonds is 6. The van der Waals surface area contributed by atoms with Gasteiger partial charge in [-0.25, -0.2) is 12.8 Å². The minimum absolute atomic E-state index is 0.0447. The highest BCUT2D eigenvalue weighted by Crippen LogP contribution is 2.33. The molecule has 1 amide bonds. The first-order valence-electron chi connectivity index (χ1n) is 11.5. The lowest BCUT2D eigenvalue weighted by Gasteiger charge is -2.34. The Hall–Kier alpha value is -3.88. The van der Waals surface area contributed by atoms with Crippen LogP contribution in [0.1, 0.15) is 21.6 Å². The maximum atomic E-state index is 13.6. The highest BCUT2D eigenvalue weighted by Gasteiger charge is 2.35. The lowest BCUT2D eigenvalue weighted by atomic mass is 10.1. The first kappa shape index (κ1) is 24.8. The van der Waals surface area contributed by atoms with Crippen molar-refractivity contribution in [1.82, 2.24) is 19.4 Å². The Morgan fingerprint density at radius 2 is 1.89 bits per heavy atom. The van der Waals surface area contributed by atoms with Crippen molar-refractivity contribution in [2.45, 2.75) is 18.0 Å². The van der Waals surface area contributed by atoms with Gasteiger partial charge in [0.1, 0.15) is 11.4 Å². The van der Waals surface area contributed by atoms with Crippen LogP contribution in [0.3, 0.4) is 0 Å². The van der Waals surface area contributed by atoms with Crippen LogP contribution in [0.15, 0.2) is 47.4 Å². The Morgan fingerprint density at radius 1 is 1.14 bits per heavy atom. The molecule has 2 aliphatic heterocycles. The molecule has 0 spiro atoms. The molecular weight excluding hydrogens is 505 g/mol. The number of sulfonamides is 1. The van der Waals surface area contributed by atoms with Gasteiger partial charge in [0.15, 0.2) is 5.82 Å². The number of H-pyrrole nitrogens is 1. The molecule has 14 heteroatoms. The van der Waals surface area contributed by atoms with Gasteiger partial charge in [-0.2, -0.15) is 9.40 Å². The van der Waals surface area contributed by atoms with E-state index in [9.17, 15) is 27.7 Å². The van der Waals surface area contributed by atoms with Crippen molar-refractivity contribution in [2.24, 2.45) is 0 Å². The molecule has 2 aromatic carbocycles. The number of likely N-dealkylation sites (N-methyl/N-ethyl adjacent to an activating group) is 1. The fourth-order valence-corrected chi connectivity index (χ4v) is 5.87. The minimum Gasteiger partial charge on any atom is -0.369 e. The van der Waals surface area contributed by atoms with Gasteiger partial charge in [0.25, 0.3) is 11.6 Å². The number of hydrogen-bond donors (Lipinski definition) is 2. The lowest BCUT2D eigenvalue weighted by molar-refractivity contribution is -0.385. The number of nitrogens with zero attached hydrogens (tertiary/aromatic N) is 5. The Kier molecular flexibility index (Phi) is 6.39. The monoisotopic (exact) mass is 529 g/mol. The van der Waals surface area contributed by atoms with Gasteiger partial charge in [0, 0.05) is 50.0 Å². The summed E-state index contributed by atoms with van der Waals surface area (Å²) in [6, 6.07) is 9.18. The molecule has 2 aliphatic rings. The third kappa shape index (κ3) is 4.77. The number of carbonyl (C=O) groups excluding carboxylic acids is 1. The first-order chi connectivity index (χ1) is 17.6. The number of nitrogens with one attached hydrogen (secondary N) is 2. The van der Waals surface area contributed by atoms with E-state index in [0.717, 1.165) is 29.5 Å². The molecule has 5 rings (SSSR count). The van der Waals surface area contributed by atoms with E-state index >= 15 is 0 Å². The molecule has 194 valence electrons. The van der Waals surface area contributed by atoms with Gasteiger partial charge in [-0.1, -0.05) is 6.07 Å². The van der Waals surface area contributed by atoms with Crippen molar-refractivity contribution in [3.05, 3.63) is 75.2 Å². The van der Waals surface area contributed by atoms with Crippen LogP contribution < -0.4 is 10.2 Å². The van der Waals surface area contributed by atoms with Gasteiger partial charge in [0.05, 0.1) is 22.1 Å². The van der Waals surface area contributed by atoms with Gasteiger partial charge < -0.3 is 15.1 Å². The molecular formula is C23H24FN7O5S. The van der Waals surface area contributed by atoms with Crippen LogP contribution >= 0.6 is 0 Å². The number of piperazine rings is 1. The molecule has 0 aliphatic carbocycles. The molecule has 2 N–H and O–H groups in total. The zero-order valence-electron chi connectivity index (χ0n) is 19.8. The normalized spacial score (nSPS) is 16.5. The largest absolute Gasteiger partial charge is 0.369 e. The number of nitro benzene ring substituents is 1. The molecule has 0 atom stereocenters. The molecule has 1 saturated heterocycles. The van der Waals surface area contributed by atoms with E-state index in [1.54, 1.807) is 6.07 Å². The average Bonchev–Trinajstić information content (AvgIpc) is 3.46. The Balaban J connectivity index is 1.35. The second-order valence-corrected chi connectivity index (χ2v) is 10.9. The highest BCUT2D eigenvalue weighted by atomic mass is 32.2. The zero-order valence-corrected chi connectivity index (χ0v) is 20.7. The van der Waals surface area contributed by atoms with Crippen molar-refractivity contribution in [3.8, 4) is 0 Å². The molecule has 12 nitrogen and oxygen atoms in total. The Bertz CT molecular complexity index is 1480. The second-order valence-electron chi connectivity index (χ2n) is 8.96. The number of nitro groups is 1. The predicted molar refractivity (Wildman–Crippen MR) is 132 cm³/mol.